The highest BCUT2D eigenvalue weighted by Crippen LogP contribution is 2.36. The molecule has 6 rings (SSSR count). The van der Waals surface area contributed by atoms with E-state index in [0.29, 0.717) is 5.56 Å². The molecule has 1 fully saturated rings. The number of H-pyrrole nitrogens is 1. The molecule has 0 amide bonds. The largest absolute Gasteiger partial charge is 0.459 e. The number of carbonyl (C=O) groups is 3. The standard InChI is InChI=1S/C31H24N4O8/c36-27-24-22(16-33-34-27)35(18-32-24)28-26(43-31(39)21-14-8-3-9-15-21)25(42-30(38)20-12-6-2-7-13-20)23(41-28)17-40-29(37)19-10-4-1-5-11-19/h1-16,18,23,25-26,28H,17H2,(H,34,36). The molecule has 1 aliphatic rings. The molecule has 3 heterocycles. The number of hydrogen-bond acceptors (Lipinski definition) is 10. The Morgan fingerprint density at radius 3 is 1.88 bits per heavy atom. The van der Waals surface area contributed by atoms with Crippen LogP contribution >= 0.6 is 0 Å². The zero-order valence-corrected chi connectivity index (χ0v) is 22.4. The minimum atomic E-state index is -1.25. The normalized spacial score (nSPS) is 19.5. The average molecular weight is 581 g/mol. The molecule has 0 saturated carbocycles. The Balaban J connectivity index is 1.37. The van der Waals surface area contributed by atoms with Gasteiger partial charge < -0.3 is 18.9 Å². The SMILES string of the molecule is O=C(OCC1OC(n2cnc3c(=O)[nH]ncc32)C(OC(=O)c2ccccc2)C1OC(=O)c1ccccc1)c1ccccc1. The van der Waals surface area contributed by atoms with Crippen LogP contribution < -0.4 is 5.56 Å². The van der Waals surface area contributed by atoms with E-state index in [4.69, 9.17) is 18.9 Å². The number of hydrogen-bond donors (Lipinski definition) is 1. The molecule has 1 N–H and O–H groups in total. The summed E-state index contributed by atoms with van der Waals surface area (Å²) in [6.07, 6.45) is -2.00. The van der Waals surface area contributed by atoms with E-state index in [9.17, 15) is 19.2 Å². The molecule has 3 aromatic carbocycles. The van der Waals surface area contributed by atoms with E-state index >= 15 is 0 Å². The third kappa shape index (κ3) is 5.76. The van der Waals surface area contributed by atoms with Crippen molar-refractivity contribution < 1.29 is 33.3 Å². The van der Waals surface area contributed by atoms with Crippen LogP contribution in [-0.4, -0.2) is 62.6 Å². The Kier molecular flexibility index (Phi) is 7.74. The summed E-state index contributed by atoms with van der Waals surface area (Å²) in [6.45, 7) is -0.345. The molecule has 12 nitrogen and oxygen atoms in total. The Morgan fingerprint density at radius 2 is 1.30 bits per heavy atom. The minimum absolute atomic E-state index is 0.0727. The summed E-state index contributed by atoms with van der Waals surface area (Å²) in [7, 11) is 0. The van der Waals surface area contributed by atoms with Gasteiger partial charge in [0.05, 0.1) is 34.7 Å². The monoisotopic (exact) mass is 580 g/mol. The summed E-state index contributed by atoms with van der Waals surface area (Å²) >= 11 is 0. The summed E-state index contributed by atoms with van der Waals surface area (Å²) in [6, 6.07) is 24.9. The molecule has 0 aliphatic carbocycles. The summed E-state index contributed by atoms with van der Waals surface area (Å²) in [4.78, 5) is 55.9. The van der Waals surface area contributed by atoms with Crippen LogP contribution in [0.3, 0.4) is 0 Å². The fraction of sp³-hybridized carbons (Fsp3) is 0.161. The van der Waals surface area contributed by atoms with Gasteiger partial charge in [0, 0.05) is 0 Å². The zero-order valence-electron chi connectivity index (χ0n) is 22.4. The van der Waals surface area contributed by atoms with Gasteiger partial charge in [-0.15, -0.1) is 0 Å². The van der Waals surface area contributed by atoms with Gasteiger partial charge in [0.15, 0.2) is 24.0 Å². The molecule has 1 saturated heterocycles. The molecule has 4 unspecified atom stereocenters. The van der Waals surface area contributed by atoms with Gasteiger partial charge in [-0.25, -0.2) is 24.5 Å². The lowest BCUT2D eigenvalue weighted by Crippen LogP contribution is -2.41. The van der Waals surface area contributed by atoms with Crippen molar-refractivity contribution in [2.75, 3.05) is 6.61 Å². The molecule has 12 heteroatoms. The first-order valence-corrected chi connectivity index (χ1v) is 13.3. The van der Waals surface area contributed by atoms with Crippen molar-refractivity contribution in [2.45, 2.75) is 24.5 Å². The quantitative estimate of drug-likeness (QED) is 0.214. The summed E-state index contributed by atoms with van der Waals surface area (Å²) in [5.74, 6) is -2.03. The predicted octanol–water partition coefficient (Wildman–Crippen LogP) is 3.33. The number of fused-ring (bicyclic) bond motifs is 1. The third-order valence-electron chi connectivity index (χ3n) is 6.85. The number of benzene rings is 3. The van der Waals surface area contributed by atoms with Crippen molar-refractivity contribution >= 4 is 28.9 Å². The zero-order chi connectivity index (χ0) is 29.8. The molecule has 43 heavy (non-hydrogen) atoms. The molecular weight excluding hydrogens is 556 g/mol. The Bertz CT molecular complexity index is 1810. The smallest absolute Gasteiger partial charge is 0.338 e. The van der Waals surface area contributed by atoms with Crippen LogP contribution in [0.4, 0.5) is 0 Å². The van der Waals surface area contributed by atoms with E-state index in [-0.39, 0.29) is 28.8 Å². The molecule has 0 radical (unpaired) electrons. The number of ether oxygens (including phenoxy) is 4. The summed E-state index contributed by atoms with van der Waals surface area (Å²) in [5.41, 5.74) is 0.637. The Hall–Kier alpha value is -5.62. The molecule has 0 spiro atoms. The number of aromatic amines is 1. The van der Waals surface area contributed by atoms with Crippen LogP contribution in [0.15, 0.2) is 108 Å². The lowest BCUT2D eigenvalue weighted by Gasteiger charge is -2.25. The lowest BCUT2D eigenvalue weighted by molar-refractivity contribution is -0.0604. The number of nitrogens with zero attached hydrogens (tertiary/aromatic N) is 3. The highest BCUT2D eigenvalue weighted by Gasteiger charge is 2.51. The van der Waals surface area contributed by atoms with Gasteiger partial charge in [0.2, 0.25) is 0 Å². The molecule has 1 aliphatic heterocycles. The number of rotatable bonds is 8. The van der Waals surface area contributed by atoms with E-state index < -0.39 is 48.0 Å². The first-order chi connectivity index (χ1) is 21.0. The second kappa shape index (κ2) is 12.1. The van der Waals surface area contributed by atoms with Crippen molar-refractivity contribution in [1.29, 1.82) is 0 Å². The van der Waals surface area contributed by atoms with Crippen LogP contribution in [-0.2, 0) is 18.9 Å². The summed E-state index contributed by atoms with van der Waals surface area (Å²) in [5, 5.41) is 6.17. The molecule has 4 atom stereocenters. The number of aromatic nitrogens is 4. The maximum absolute atomic E-state index is 13.3. The third-order valence-corrected chi connectivity index (χ3v) is 6.85. The van der Waals surface area contributed by atoms with Crippen molar-refractivity contribution in [1.82, 2.24) is 19.7 Å². The van der Waals surface area contributed by atoms with E-state index in [0.717, 1.165) is 0 Å². The van der Waals surface area contributed by atoms with Crippen LogP contribution in [0.25, 0.3) is 11.0 Å². The van der Waals surface area contributed by atoms with Crippen LogP contribution in [0.1, 0.15) is 37.3 Å². The molecule has 2 aromatic heterocycles. The summed E-state index contributed by atoms with van der Waals surface area (Å²) < 4.78 is 25.2. The van der Waals surface area contributed by atoms with E-state index in [1.807, 2.05) is 0 Å². The maximum Gasteiger partial charge on any atom is 0.338 e. The number of esters is 3. The van der Waals surface area contributed by atoms with Crippen LogP contribution in [0, 0.1) is 0 Å². The Morgan fingerprint density at radius 1 is 0.767 bits per heavy atom. The van der Waals surface area contributed by atoms with Gasteiger partial charge in [-0.2, -0.15) is 5.10 Å². The first kappa shape index (κ1) is 27.5. The lowest BCUT2D eigenvalue weighted by atomic mass is 10.1. The van der Waals surface area contributed by atoms with Crippen molar-refractivity contribution in [3.05, 3.63) is 131 Å². The topological polar surface area (TPSA) is 152 Å². The average Bonchev–Trinajstić information content (AvgIpc) is 3.63. The van der Waals surface area contributed by atoms with Gasteiger partial charge >= 0.3 is 17.9 Å². The van der Waals surface area contributed by atoms with E-state index in [1.54, 1.807) is 91.0 Å². The van der Waals surface area contributed by atoms with E-state index in [1.165, 1.54) is 17.1 Å². The Labute approximate surface area is 243 Å². The first-order valence-electron chi connectivity index (χ1n) is 13.3. The van der Waals surface area contributed by atoms with Gasteiger partial charge in [0.25, 0.3) is 5.56 Å². The number of imidazole rings is 1. The molecule has 5 aromatic rings. The van der Waals surface area contributed by atoms with Crippen molar-refractivity contribution in [2.24, 2.45) is 0 Å². The van der Waals surface area contributed by atoms with Crippen LogP contribution in [0.5, 0.6) is 0 Å². The van der Waals surface area contributed by atoms with Gasteiger partial charge in [-0.3, -0.25) is 9.36 Å². The van der Waals surface area contributed by atoms with Gasteiger partial charge in [-0.05, 0) is 36.4 Å². The van der Waals surface area contributed by atoms with Crippen LogP contribution in [0.2, 0.25) is 0 Å². The fourth-order valence-electron chi connectivity index (χ4n) is 4.76. The second-order valence-corrected chi connectivity index (χ2v) is 9.59. The molecule has 216 valence electrons. The maximum atomic E-state index is 13.3. The predicted molar refractivity (Wildman–Crippen MR) is 150 cm³/mol. The number of carbonyl (C=O) groups excluding carboxylic acids is 3. The van der Waals surface area contributed by atoms with Gasteiger partial charge in [0.1, 0.15) is 12.7 Å². The van der Waals surface area contributed by atoms with Crippen molar-refractivity contribution in [3.63, 3.8) is 0 Å². The highest BCUT2D eigenvalue weighted by molar-refractivity contribution is 5.91. The molecule has 0 bridgehead atoms. The highest BCUT2D eigenvalue weighted by atomic mass is 16.7. The van der Waals surface area contributed by atoms with Crippen molar-refractivity contribution in [3.8, 4) is 0 Å². The fourth-order valence-corrected chi connectivity index (χ4v) is 4.76. The second-order valence-electron chi connectivity index (χ2n) is 9.59. The minimum Gasteiger partial charge on any atom is -0.459 e. The molecular formula is C31H24N4O8. The number of nitrogens with one attached hydrogen (secondary N) is 1. The van der Waals surface area contributed by atoms with E-state index in [2.05, 4.69) is 15.2 Å². The van der Waals surface area contributed by atoms with Gasteiger partial charge in [-0.1, -0.05) is 54.6 Å².